The van der Waals surface area contributed by atoms with E-state index in [-0.39, 0.29) is 12.0 Å². The van der Waals surface area contributed by atoms with Crippen molar-refractivity contribution in [1.29, 1.82) is 5.41 Å². The number of hydrogen-bond acceptors (Lipinski definition) is 6. The van der Waals surface area contributed by atoms with Crippen molar-refractivity contribution in [3.8, 4) is 11.5 Å². The monoisotopic (exact) mass is 613 g/mol. The van der Waals surface area contributed by atoms with Gasteiger partial charge in [0.15, 0.2) is 6.61 Å². The number of ether oxygens (including phenoxy) is 2. The molecule has 46 heavy (non-hydrogen) atoms. The minimum Gasteiger partial charge on any atom is -0.494 e. The first kappa shape index (κ1) is 31.0. The summed E-state index contributed by atoms with van der Waals surface area (Å²) in [5.41, 5.74) is 15.0. The Morgan fingerprint density at radius 2 is 1.85 bits per heavy atom. The average molecular weight is 614 g/mol. The van der Waals surface area contributed by atoms with Gasteiger partial charge in [0.1, 0.15) is 11.5 Å². The number of rotatable bonds is 9. The Bertz CT molecular complexity index is 1880. The van der Waals surface area contributed by atoms with Crippen LogP contribution in [0.4, 0.5) is 0 Å². The Balaban J connectivity index is 1.18. The van der Waals surface area contributed by atoms with Gasteiger partial charge in [0, 0.05) is 22.3 Å². The summed E-state index contributed by atoms with van der Waals surface area (Å²) in [6.07, 6.45) is 12.6. The van der Waals surface area contributed by atoms with Crippen LogP contribution in [-0.4, -0.2) is 41.4 Å². The fourth-order valence-electron chi connectivity index (χ4n) is 6.77. The first-order valence-corrected chi connectivity index (χ1v) is 15.9. The third-order valence-electron chi connectivity index (χ3n) is 9.21. The fourth-order valence-corrected chi connectivity index (χ4v) is 6.77. The molecule has 0 bridgehead atoms. The molecule has 2 aromatic rings. The summed E-state index contributed by atoms with van der Waals surface area (Å²) >= 11 is 0. The first-order valence-electron chi connectivity index (χ1n) is 15.9. The third-order valence-corrected chi connectivity index (χ3v) is 9.21. The topological polar surface area (TPSA) is 104 Å². The van der Waals surface area contributed by atoms with Gasteiger partial charge in [0.2, 0.25) is 0 Å². The predicted octanol–water partition coefficient (Wildman–Crippen LogP) is 8.48. The molecule has 234 valence electrons. The van der Waals surface area contributed by atoms with E-state index in [1.165, 1.54) is 16.7 Å². The minimum absolute atomic E-state index is 0.240. The van der Waals surface area contributed by atoms with Crippen LogP contribution in [0, 0.1) is 17.7 Å². The summed E-state index contributed by atoms with van der Waals surface area (Å²) in [6, 6.07) is 13.7. The molecule has 2 aliphatic heterocycles. The lowest BCUT2D eigenvalue weighted by Gasteiger charge is -2.29. The summed E-state index contributed by atoms with van der Waals surface area (Å²) in [4.78, 5) is 20.8. The number of benzene rings is 2. The molecule has 7 heteroatoms. The smallest absolute Gasteiger partial charge is 0.341 e. The van der Waals surface area contributed by atoms with Crippen molar-refractivity contribution in [2.45, 2.75) is 59.8 Å². The Morgan fingerprint density at radius 3 is 2.59 bits per heavy atom. The van der Waals surface area contributed by atoms with E-state index in [1.54, 1.807) is 6.20 Å². The average Bonchev–Trinajstić information content (AvgIpc) is 3.43. The summed E-state index contributed by atoms with van der Waals surface area (Å²) < 4.78 is 11.1. The molecule has 2 aliphatic carbocycles. The van der Waals surface area contributed by atoms with Crippen LogP contribution in [0.3, 0.4) is 0 Å². The zero-order chi connectivity index (χ0) is 32.4. The largest absolute Gasteiger partial charge is 0.494 e. The molecule has 1 atom stereocenters. The Labute approximate surface area is 270 Å². The molecule has 2 N–H and O–H groups in total. The second kappa shape index (κ2) is 12.8. The van der Waals surface area contributed by atoms with Crippen molar-refractivity contribution in [3.63, 3.8) is 0 Å². The molecule has 1 unspecified atom stereocenters. The molecule has 2 aromatic carbocycles. The number of aryl methyl sites for hydroxylation is 1. The molecule has 7 nitrogen and oxygen atoms in total. The number of aliphatic imine (C=N–C) groups is 2. The van der Waals surface area contributed by atoms with Crippen LogP contribution in [-0.2, 0) is 4.79 Å². The maximum atomic E-state index is 10.8. The summed E-state index contributed by atoms with van der Waals surface area (Å²) in [6.45, 7) is 8.56. The van der Waals surface area contributed by atoms with E-state index in [0.29, 0.717) is 18.1 Å². The van der Waals surface area contributed by atoms with Crippen LogP contribution < -0.4 is 9.47 Å². The van der Waals surface area contributed by atoms with Crippen molar-refractivity contribution < 1.29 is 19.4 Å². The van der Waals surface area contributed by atoms with Gasteiger partial charge >= 0.3 is 5.97 Å². The van der Waals surface area contributed by atoms with Gasteiger partial charge < -0.3 is 14.6 Å². The zero-order valence-electron chi connectivity index (χ0n) is 26.9. The van der Waals surface area contributed by atoms with E-state index in [0.717, 1.165) is 82.8 Å². The number of carbonyl (C=O) groups is 1. The van der Waals surface area contributed by atoms with Gasteiger partial charge in [-0.1, -0.05) is 31.2 Å². The Kier molecular flexibility index (Phi) is 8.61. The Morgan fingerprint density at radius 1 is 1.07 bits per heavy atom. The first-order chi connectivity index (χ1) is 22.2. The zero-order valence-corrected chi connectivity index (χ0v) is 26.9. The lowest BCUT2D eigenvalue weighted by Crippen LogP contribution is -2.32. The van der Waals surface area contributed by atoms with Crippen molar-refractivity contribution in [2.75, 3.05) is 13.2 Å². The van der Waals surface area contributed by atoms with Crippen molar-refractivity contribution in [2.24, 2.45) is 15.4 Å². The van der Waals surface area contributed by atoms with E-state index in [1.807, 2.05) is 63.2 Å². The molecule has 0 radical (unpaired) electrons. The maximum absolute atomic E-state index is 10.8. The van der Waals surface area contributed by atoms with Gasteiger partial charge in [-0.05, 0) is 123 Å². The van der Waals surface area contributed by atoms with E-state index in [9.17, 15) is 10.2 Å². The molecule has 0 amide bonds. The number of aliphatic carboxylic acids is 1. The van der Waals surface area contributed by atoms with E-state index >= 15 is 0 Å². The number of hydrogen-bond donors (Lipinski definition) is 2. The van der Waals surface area contributed by atoms with Crippen LogP contribution in [0.25, 0.3) is 11.1 Å². The molecule has 0 aromatic heterocycles. The predicted molar refractivity (Wildman–Crippen MR) is 184 cm³/mol. The van der Waals surface area contributed by atoms with Gasteiger partial charge in [-0.15, -0.1) is 5.73 Å². The normalized spacial score (nSPS) is 20.9. The lowest BCUT2D eigenvalue weighted by molar-refractivity contribution is -0.139. The lowest BCUT2D eigenvalue weighted by atomic mass is 9.74. The molecule has 0 saturated carbocycles. The Hall–Kier alpha value is -5.00. The second-order valence-electron chi connectivity index (χ2n) is 12.4. The SMILES string of the molecule is CCOc1ccc(C2=C(C)N=C(C3(C)CCC=C(C4=NC=C=CC5=C4C=C(c4ccc(OCC(=O)O)cc4)C5)CC3)C2=N)cc1C. The van der Waals surface area contributed by atoms with Crippen LogP contribution in [0.1, 0.15) is 69.6 Å². The summed E-state index contributed by atoms with van der Waals surface area (Å²) in [7, 11) is 0. The molecule has 0 fully saturated rings. The van der Waals surface area contributed by atoms with Crippen LogP contribution >= 0.6 is 0 Å². The van der Waals surface area contributed by atoms with Crippen LogP contribution in [0.15, 0.2) is 105 Å². The van der Waals surface area contributed by atoms with Crippen LogP contribution in [0.5, 0.6) is 11.5 Å². The number of carboxylic acids is 1. The van der Waals surface area contributed by atoms with E-state index < -0.39 is 5.97 Å². The molecular weight excluding hydrogens is 574 g/mol. The highest BCUT2D eigenvalue weighted by Gasteiger charge is 2.39. The summed E-state index contributed by atoms with van der Waals surface area (Å²) in [5.74, 6) is 0.405. The summed E-state index contributed by atoms with van der Waals surface area (Å²) in [5, 5.41) is 18.2. The molecule has 2 heterocycles. The highest BCUT2D eigenvalue weighted by molar-refractivity contribution is 6.60. The van der Waals surface area contributed by atoms with Crippen molar-refractivity contribution >= 4 is 34.3 Å². The highest BCUT2D eigenvalue weighted by Crippen LogP contribution is 2.43. The molecule has 6 rings (SSSR count). The van der Waals surface area contributed by atoms with Gasteiger partial charge in [-0.25, -0.2) is 9.79 Å². The van der Waals surface area contributed by atoms with E-state index in [4.69, 9.17) is 24.6 Å². The molecular formula is C39H39N3O4. The number of allylic oxidation sites excluding steroid dienone is 9. The number of carboxylic acid groups (broad SMARTS) is 1. The highest BCUT2D eigenvalue weighted by atomic mass is 16.5. The van der Waals surface area contributed by atoms with E-state index in [2.05, 4.69) is 30.9 Å². The number of nitrogens with zero attached hydrogens (tertiary/aromatic N) is 2. The quantitative estimate of drug-likeness (QED) is 0.277. The van der Waals surface area contributed by atoms with Gasteiger partial charge in [0.05, 0.1) is 29.9 Å². The number of nitrogens with one attached hydrogen (secondary N) is 1. The maximum Gasteiger partial charge on any atom is 0.341 e. The molecule has 4 aliphatic rings. The molecule has 0 spiro atoms. The van der Waals surface area contributed by atoms with Gasteiger partial charge in [-0.3, -0.25) is 10.4 Å². The van der Waals surface area contributed by atoms with Crippen molar-refractivity contribution in [3.05, 3.63) is 112 Å². The fraction of sp³-hybridized carbons (Fsp3) is 0.308. The minimum atomic E-state index is -1.000. The standard InChI is InChI=1S/C39H39N3O4/c1-5-45-33-15-12-29(20-24(33)2)35-25(3)42-38(36(35)40)39(4)17-6-8-27(16-18-39)37-32-22-30(21-28(32)9-7-19-41-37)26-10-13-31(14-11-26)46-23-34(43)44/h8-15,19-20,22,40H,5-6,16-18,21,23H2,1-4H3,(H,43,44). The third kappa shape index (κ3) is 6.11. The van der Waals surface area contributed by atoms with Crippen LogP contribution in [0.2, 0.25) is 0 Å². The van der Waals surface area contributed by atoms with Gasteiger partial charge in [-0.2, -0.15) is 0 Å². The van der Waals surface area contributed by atoms with Gasteiger partial charge in [0.25, 0.3) is 0 Å². The molecule has 0 saturated heterocycles. The van der Waals surface area contributed by atoms with Crippen molar-refractivity contribution in [1.82, 2.24) is 0 Å². The second-order valence-corrected chi connectivity index (χ2v) is 12.4.